The number of carbonyl (C=O) groups excluding carboxylic acids is 1. The molecule has 8 nitrogen and oxygen atoms in total. The molecule has 0 aliphatic carbocycles. The lowest BCUT2D eigenvalue weighted by Crippen LogP contribution is -2.26. The Morgan fingerprint density at radius 1 is 1.39 bits per heavy atom. The Hall–Kier alpha value is -3.38. The predicted octanol–water partition coefficient (Wildman–Crippen LogP) is 2.55. The van der Waals surface area contributed by atoms with Crippen LogP contribution in [0.3, 0.4) is 0 Å². The number of hydrogen-bond acceptors (Lipinski definition) is 6. The van der Waals surface area contributed by atoms with Crippen LogP contribution in [-0.2, 0) is 11.8 Å². The number of thioether (sulfide) groups is 1. The predicted molar refractivity (Wildman–Crippen MR) is 107 cm³/mol. The van der Waals surface area contributed by atoms with E-state index < -0.39 is 5.25 Å². The van der Waals surface area contributed by atoms with Gasteiger partial charge in [0, 0.05) is 18.7 Å². The van der Waals surface area contributed by atoms with Crippen molar-refractivity contribution in [2.24, 2.45) is 7.05 Å². The summed E-state index contributed by atoms with van der Waals surface area (Å²) in [6.07, 6.45) is 1.90. The highest BCUT2D eigenvalue weighted by Gasteiger charge is 2.22. The van der Waals surface area contributed by atoms with E-state index in [1.54, 1.807) is 7.05 Å². The quantitative estimate of drug-likeness (QED) is 0.490. The number of H-pyrrole nitrogens is 1. The second-order valence-corrected chi connectivity index (χ2v) is 7.14. The maximum Gasteiger partial charge on any atom is 0.252 e. The van der Waals surface area contributed by atoms with E-state index in [0.717, 1.165) is 5.56 Å². The van der Waals surface area contributed by atoms with Crippen molar-refractivity contribution in [3.63, 3.8) is 0 Å². The second kappa shape index (κ2) is 8.54. The lowest BCUT2D eigenvalue weighted by atomic mass is 10.1. The zero-order valence-corrected chi connectivity index (χ0v) is 16.2. The molecule has 0 aliphatic heterocycles. The van der Waals surface area contributed by atoms with Gasteiger partial charge in [-0.1, -0.05) is 49.0 Å². The van der Waals surface area contributed by atoms with Crippen molar-refractivity contribution in [1.82, 2.24) is 19.7 Å². The van der Waals surface area contributed by atoms with Gasteiger partial charge in [0.15, 0.2) is 5.16 Å². The van der Waals surface area contributed by atoms with Crippen LogP contribution >= 0.6 is 11.8 Å². The van der Waals surface area contributed by atoms with Gasteiger partial charge in [-0.15, -0.1) is 0 Å². The first-order valence-electron chi connectivity index (χ1n) is 8.58. The highest BCUT2D eigenvalue weighted by molar-refractivity contribution is 8.00. The highest BCUT2D eigenvalue weighted by atomic mass is 32.2. The molecular weight excluding hydrogens is 376 g/mol. The number of nitrogens with one attached hydrogen (secondary N) is 2. The Balaban J connectivity index is 1.82. The largest absolute Gasteiger partial charge is 0.309 e. The van der Waals surface area contributed by atoms with E-state index >= 15 is 0 Å². The maximum atomic E-state index is 12.7. The van der Waals surface area contributed by atoms with Gasteiger partial charge in [-0.3, -0.25) is 14.3 Å². The van der Waals surface area contributed by atoms with Gasteiger partial charge in [0.1, 0.15) is 17.5 Å². The van der Waals surface area contributed by atoms with Crippen LogP contribution in [0.2, 0.25) is 0 Å². The molecule has 0 saturated heterocycles. The summed E-state index contributed by atoms with van der Waals surface area (Å²) in [6.45, 7) is 1.87. The Morgan fingerprint density at radius 2 is 2.14 bits per heavy atom. The van der Waals surface area contributed by atoms with E-state index in [1.807, 2.05) is 43.3 Å². The summed E-state index contributed by atoms with van der Waals surface area (Å²) in [6, 6.07) is 12.8. The number of anilines is 1. The average Bonchev–Trinajstić information content (AvgIpc) is 3.05. The summed E-state index contributed by atoms with van der Waals surface area (Å²) in [5, 5.41) is 15.7. The molecule has 2 N–H and O–H groups in total. The molecule has 28 heavy (non-hydrogen) atoms. The summed E-state index contributed by atoms with van der Waals surface area (Å²) < 4.78 is 1.43. The monoisotopic (exact) mass is 394 g/mol. The lowest BCUT2D eigenvalue weighted by molar-refractivity contribution is -0.115. The number of aromatic nitrogens is 4. The van der Waals surface area contributed by atoms with Gasteiger partial charge in [-0.2, -0.15) is 10.4 Å². The molecule has 9 heteroatoms. The summed E-state index contributed by atoms with van der Waals surface area (Å²) in [4.78, 5) is 31.9. The molecule has 1 unspecified atom stereocenters. The lowest BCUT2D eigenvalue weighted by Gasteiger charge is -2.14. The highest BCUT2D eigenvalue weighted by Crippen LogP contribution is 2.25. The third-order valence-electron chi connectivity index (χ3n) is 4.01. The summed E-state index contributed by atoms with van der Waals surface area (Å²) in [5.74, 6) is 0.0476. The topological polar surface area (TPSA) is 116 Å². The van der Waals surface area contributed by atoms with Crippen LogP contribution in [0.4, 0.5) is 5.82 Å². The van der Waals surface area contributed by atoms with E-state index in [0.29, 0.717) is 23.1 Å². The Bertz CT molecular complexity index is 1080. The second-order valence-electron chi connectivity index (χ2n) is 5.95. The average molecular weight is 394 g/mol. The molecule has 0 fully saturated rings. The molecule has 2 aromatic heterocycles. The van der Waals surface area contributed by atoms with Crippen molar-refractivity contribution >= 4 is 23.5 Å². The van der Waals surface area contributed by atoms with Crippen LogP contribution in [0.1, 0.15) is 18.9 Å². The number of nitriles is 1. The number of aromatic amines is 1. The maximum absolute atomic E-state index is 12.7. The first kappa shape index (κ1) is 19.4. The number of rotatable bonds is 6. The fourth-order valence-electron chi connectivity index (χ4n) is 2.57. The molecule has 2 heterocycles. The minimum atomic E-state index is -0.504. The summed E-state index contributed by atoms with van der Waals surface area (Å²) in [7, 11) is 1.65. The molecule has 1 aromatic carbocycles. The van der Waals surface area contributed by atoms with Crippen molar-refractivity contribution in [2.75, 3.05) is 5.32 Å². The first-order valence-corrected chi connectivity index (χ1v) is 9.46. The molecule has 0 spiro atoms. The van der Waals surface area contributed by atoms with Crippen molar-refractivity contribution < 1.29 is 4.79 Å². The minimum absolute atomic E-state index is 0.285. The normalized spacial score (nSPS) is 11.6. The van der Waals surface area contributed by atoms with Crippen LogP contribution in [0, 0.1) is 11.3 Å². The van der Waals surface area contributed by atoms with Gasteiger partial charge in [0.2, 0.25) is 5.91 Å². The Morgan fingerprint density at radius 3 is 2.82 bits per heavy atom. The SMILES string of the molecule is CCC(Sc1nc(-c2ccccc2)cc(=O)[nH]1)C(=O)Nc1c(C#N)cnn1C. The number of aryl methyl sites for hydroxylation is 1. The smallest absolute Gasteiger partial charge is 0.252 e. The van der Waals surface area contributed by atoms with Gasteiger partial charge in [-0.05, 0) is 6.42 Å². The fourth-order valence-corrected chi connectivity index (χ4v) is 3.48. The van der Waals surface area contributed by atoms with Crippen LogP contribution < -0.4 is 10.9 Å². The summed E-state index contributed by atoms with van der Waals surface area (Å²) in [5.41, 5.74) is 1.36. The third-order valence-corrected chi connectivity index (χ3v) is 5.26. The number of carbonyl (C=O) groups is 1. The molecular formula is C19H18N6O2S. The number of benzene rings is 1. The zero-order valence-electron chi connectivity index (χ0n) is 15.3. The summed E-state index contributed by atoms with van der Waals surface area (Å²) >= 11 is 1.17. The number of amides is 1. The van der Waals surface area contributed by atoms with Gasteiger partial charge < -0.3 is 10.3 Å². The van der Waals surface area contributed by atoms with Crippen molar-refractivity contribution in [3.8, 4) is 17.3 Å². The Kier molecular flexibility index (Phi) is 5.91. The van der Waals surface area contributed by atoms with E-state index in [9.17, 15) is 9.59 Å². The first-order chi connectivity index (χ1) is 13.5. The van der Waals surface area contributed by atoms with Gasteiger partial charge >= 0.3 is 0 Å². The van der Waals surface area contributed by atoms with Crippen molar-refractivity contribution in [1.29, 1.82) is 5.26 Å². The molecule has 0 aliphatic rings. The molecule has 1 amide bonds. The van der Waals surface area contributed by atoms with Crippen LogP contribution in [0.25, 0.3) is 11.3 Å². The van der Waals surface area contributed by atoms with Crippen LogP contribution in [0.15, 0.2) is 52.5 Å². The van der Waals surface area contributed by atoms with E-state index in [2.05, 4.69) is 20.4 Å². The van der Waals surface area contributed by atoms with Crippen LogP contribution in [-0.4, -0.2) is 30.9 Å². The molecule has 3 aromatic rings. The molecule has 0 saturated carbocycles. The van der Waals surface area contributed by atoms with Crippen molar-refractivity contribution in [3.05, 3.63) is 58.5 Å². The van der Waals surface area contributed by atoms with Crippen molar-refractivity contribution in [2.45, 2.75) is 23.8 Å². The van der Waals surface area contributed by atoms with E-state index in [1.165, 1.54) is 28.7 Å². The molecule has 0 radical (unpaired) electrons. The van der Waals surface area contributed by atoms with Gasteiger partial charge in [0.25, 0.3) is 5.56 Å². The standard InChI is InChI=1S/C19H18N6O2S/c1-3-15(18(27)24-17-13(10-20)11-21-25(17)2)28-19-22-14(9-16(26)23-19)12-7-5-4-6-8-12/h4-9,11,15H,3H2,1-2H3,(H,24,27)(H,22,23,26). The number of hydrogen-bond donors (Lipinski definition) is 2. The molecule has 0 bridgehead atoms. The molecule has 1 atom stereocenters. The van der Waals surface area contributed by atoms with E-state index in [-0.39, 0.29) is 17.0 Å². The van der Waals surface area contributed by atoms with Gasteiger partial charge in [0.05, 0.1) is 17.1 Å². The Labute approximate surface area is 165 Å². The molecule has 3 rings (SSSR count). The van der Waals surface area contributed by atoms with E-state index in [4.69, 9.17) is 5.26 Å². The molecule has 142 valence electrons. The third kappa shape index (κ3) is 4.29. The van der Waals surface area contributed by atoms with Crippen LogP contribution in [0.5, 0.6) is 0 Å². The minimum Gasteiger partial charge on any atom is -0.309 e. The zero-order chi connectivity index (χ0) is 20.1. The fraction of sp³-hybridized carbons (Fsp3) is 0.211. The van der Waals surface area contributed by atoms with Gasteiger partial charge in [-0.25, -0.2) is 4.98 Å². The number of nitrogens with zero attached hydrogens (tertiary/aromatic N) is 4.